The molecule has 2 aromatic carbocycles. The van der Waals surface area contributed by atoms with Crippen molar-refractivity contribution in [1.29, 1.82) is 0 Å². The minimum absolute atomic E-state index is 0.140. The zero-order chi connectivity index (χ0) is 18.2. The maximum atomic E-state index is 5.98. The van der Waals surface area contributed by atoms with Gasteiger partial charge in [-0.25, -0.2) is 4.99 Å². The van der Waals surface area contributed by atoms with Crippen LogP contribution in [-0.2, 0) is 24.3 Å². The Morgan fingerprint density at radius 3 is 2.81 bits per heavy atom. The van der Waals surface area contributed by atoms with Gasteiger partial charge < -0.3 is 20.1 Å². The van der Waals surface area contributed by atoms with E-state index < -0.39 is 0 Å². The van der Waals surface area contributed by atoms with Gasteiger partial charge in [-0.05, 0) is 29.7 Å². The topological polar surface area (TPSA) is 54.9 Å². The van der Waals surface area contributed by atoms with Crippen molar-refractivity contribution in [2.24, 2.45) is 4.99 Å². The third kappa shape index (κ3) is 4.99. The number of methoxy groups -OCH3 is 1. The zero-order valence-electron chi connectivity index (χ0n) is 15.5. The quantitative estimate of drug-likeness (QED) is 0.594. The molecule has 0 bridgehead atoms. The molecule has 1 aliphatic heterocycles. The number of aliphatic imine (C=N–C) groups is 1. The van der Waals surface area contributed by atoms with E-state index in [1.807, 2.05) is 18.2 Å². The zero-order valence-corrected chi connectivity index (χ0v) is 15.5. The summed E-state index contributed by atoms with van der Waals surface area (Å²) in [5.41, 5.74) is 3.60. The number of para-hydroxylation sites is 1. The molecule has 0 saturated carbocycles. The molecule has 0 radical (unpaired) electrons. The van der Waals surface area contributed by atoms with Crippen LogP contribution in [0.2, 0.25) is 0 Å². The molecule has 2 N–H and O–H groups in total. The monoisotopic (exact) mass is 353 g/mol. The molecule has 3 rings (SSSR count). The second-order valence-electron chi connectivity index (χ2n) is 6.38. The summed E-state index contributed by atoms with van der Waals surface area (Å²) < 4.78 is 11.2. The van der Waals surface area contributed by atoms with Gasteiger partial charge in [-0.2, -0.15) is 0 Å². The number of ether oxygens (including phenoxy) is 2. The number of hydrogen-bond donors (Lipinski definition) is 2. The molecule has 26 heavy (non-hydrogen) atoms. The van der Waals surface area contributed by atoms with Crippen LogP contribution in [0.3, 0.4) is 0 Å². The highest BCUT2D eigenvalue weighted by atomic mass is 16.5. The Balaban J connectivity index is 1.55. The highest BCUT2D eigenvalue weighted by Crippen LogP contribution is 2.27. The summed E-state index contributed by atoms with van der Waals surface area (Å²) in [6.07, 6.45) is 1.07. The van der Waals surface area contributed by atoms with E-state index in [0.717, 1.165) is 36.8 Å². The summed E-state index contributed by atoms with van der Waals surface area (Å²) in [6.45, 7) is 4.86. The Labute approximate surface area is 155 Å². The van der Waals surface area contributed by atoms with Gasteiger partial charge in [-0.15, -0.1) is 0 Å². The first-order chi connectivity index (χ1) is 12.8. The van der Waals surface area contributed by atoms with Crippen LogP contribution >= 0.6 is 0 Å². The molecule has 0 spiro atoms. The molecular formula is C21H27N3O2. The first kappa shape index (κ1) is 18.3. The third-order valence-corrected chi connectivity index (χ3v) is 4.28. The van der Waals surface area contributed by atoms with Crippen molar-refractivity contribution in [2.45, 2.75) is 32.6 Å². The smallest absolute Gasteiger partial charge is 0.191 e. The number of benzene rings is 2. The summed E-state index contributed by atoms with van der Waals surface area (Å²) >= 11 is 0. The predicted molar refractivity (Wildman–Crippen MR) is 105 cm³/mol. The number of fused-ring (bicyclic) bond motifs is 1. The fourth-order valence-electron chi connectivity index (χ4n) is 3.07. The lowest BCUT2D eigenvalue weighted by Crippen LogP contribution is -2.42. The van der Waals surface area contributed by atoms with Crippen molar-refractivity contribution < 1.29 is 9.47 Å². The molecule has 1 heterocycles. The molecule has 5 heteroatoms. The molecule has 1 atom stereocenters. The Morgan fingerprint density at radius 2 is 2.00 bits per heavy atom. The van der Waals surface area contributed by atoms with E-state index in [-0.39, 0.29) is 6.10 Å². The van der Waals surface area contributed by atoms with Crippen LogP contribution in [0.15, 0.2) is 53.5 Å². The Morgan fingerprint density at radius 1 is 1.15 bits per heavy atom. The van der Waals surface area contributed by atoms with E-state index in [9.17, 15) is 0 Å². The molecule has 1 unspecified atom stereocenters. The van der Waals surface area contributed by atoms with Gasteiger partial charge in [0, 0.05) is 20.1 Å². The van der Waals surface area contributed by atoms with Crippen molar-refractivity contribution in [2.75, 3.05) is 20.2 Å². The number of hydrogen-bond acceptors (Lipinski definition) is 3. The summed E-state index contributed by atoms with van der Waals surface area (Å²) in [7, 11) is 1.71. The predicted octanol–water partition coefficient (Wildman–Crippen LogP) is 2.89. The molecule has 1 aliphatic rings. The second-order valence-corrected chi connectivity index (χ2v) is 6.38. The van der Waals surface area contributed by atoms with Gasteiger partial charge in [0.2, 0.25) is 0 Å². The van der Waals surface area contributed by atoms with Gasteiger partial charge in [0.15, 0.2) is 5.96 Å². The van der Waals surface area contributed by atoms with Crippen LogP contribution < -0.4 is 15.4 Å². The molecule has 0 fully saturated rings. The fraction of sp³-hybridized carbons (Fsp3) is 0.381. The van der Waals surface area contributed by atoms with Crippen molar-refractivity contribution >= 4 is 5.96 Å². The first-order valence-electron chi connectivity index (χ1n) is 9.12. The highest BCUT2D eigenvalue weighted by Gasteiger charge is 2.22. The molecule has 0 saturated heterocycles. The van der Waals surface area contributed by atoms with Crippen molar-refractivity contribution in [1.82, 2.24) is 10.6 Å². The van der Waals surface area contributed by atoms with Crippen molar-refractivity contribution in [3.63, 3.8) is 0 Å². The number of nitrogens with one attached hydrogen (secondary N) is 2. The van der Waals surface area contributed by atoms with E-state index in [1.165, 1.54) is 11.1 Å². The minimum atomic E-state index is 0.140. The van der Waals surface area contributed by atoms with Crippen LogP contribution in [-0.4, -0.2) is 32.3 Å². The maximum absolute atomic E-state index is 5.98. The molecule has 138 valence electrons. The molecule has 5 nitrogen and oxygen atoms in total. The summed E-state index contributed by atoms with van der Waals surface area (Å²) in [4.78, 5) is 4.69. The molecular weight excluding hydrogens is 326 g/mol. The summed E-state index contributed by atoms with van der Waals surface area (Å²) in [5.74, 6) is 1.81. The Bertz CT molecular complexity index is 721. The molecule has 2 aromatic rings. The summed E-state index contributed by atoms with van der Waals surface area (Å²) in [6, 6.07) is 16.6. The van der Waals surface area contributed by atoms with E-state index in [1.54, 1.807) is 7.11 Å². The number of rotatable bonds is 7. The molecule has 0 aromatic heterocycles. The van der Waals surface area contributed by atoms with Crippen LogP contribution in [0.1, 0.15) is 23.6 Å². The Hall–Kier alpha value is -2.53. The normalized spacial score (nSPS) is 16.1. The van der Waals surface area contributed by atoms with E-state index in [4.69, 9.17) is 14.5 Å². The number of nitrogens with zero attached hydrogens (tertiary/aromatic N) is 1. The van der Waals surface area contributed by atoms with Gasteiger partial charge in [0.1, 0.15) is 11.9 Å². The van der Waals surface area contributed by atoms with Crippen LogP contribution in [0.5, 0.6) is 5.75 Å². The largest absolute Gasteiger partial charge is 0.488 e. The lowest BCUT2D eigenvalue weighted by atomic mass is 10.1. The van der Waals surface area contributed by atoms with E-state index in [2.05, 4.69) is 47.9 Å². The highest BCUT2D eigenvalue weighted by molar-refractivity contribution is 5.79. The Kier molecular flexibility index (Phi) is 6.50. The van der Waals surface area contributed by atoms with Crippen LogP contribution in [0.4, 0.5) is 0 Å². The van der Waals surface area contributed by atoms with Crippen LogP contribution in [0, 0.1) is 0 Å². The van der Waals surface area contributed by atoms with Gasteiger partial charge in [0.05, 0.1) is 19.7 Å². The average Bonchev–Trinajstić information content (AvgIpc) is 3.07. The number of guanidine groups is 1. The fourth-order valence-corrected chi connectivity index (χ4v) is 3.07. The molecule has 0 amide bonds. The van der Waals surface area contributed by atoms with Crippen LogP contribution in [0.25, 0.3) is 0 Å². The van der Waals surface area contributed by atoms with Gasteiger partial charge >= 0.3 is 0 Å². The van der Waals surface area contributed by atoms with Gasteiger partial charge in [-0.1, -0.05) is 42.5 Å². The van der Waals surface area contributed by atoms with Crippen molar-refractivity contribution in [3.8, 4) is 5.75 Å². The van der Waals surface area contributed by atoms with Gasteiger partial charge in [0.25, 0.3) is 0 Å². The molecule has 0 aliphatic carbocycles. The summed E-state index contributed by atoms with van der Waals surface area (Å²) in [5, 5.41) is 6.69. The second kappa shape index (κ2) is 9.25. The SMILES string of the molecule is CCNC(=NCc1cccc(COC)c1)NCC1Cc2ccccc2O1. The standard InChI is InChI=1S/C21H27N3O2/c1-3-22-21(23-13-16-7-6-8-17(11-16)15-25-2)24-14-19-12-18-9-4-5-10-20(18)26-19/h4-11,19H,3,12-15H2,1-2H3,(H2,22,23,24). The van der Waals surface area contributed by atoms with E-state index in [0.29, 0.717) is 13.2 Å². The third-order valence-electron chi connectivity index (χ3n) is 4.28. The van der Waals surface area contributed by atoms with Gasteiger partial charge in [-0.3, -0.25) is 0 Å². The first-order valence-corrected chi connectivity index (χ1v) is 9.12. The van der Waals surface area contributed by atoms with Crippen molar-refractivity contribution in [3.05, 3.63) is 65.2 Å². The lowest BCUT2D eigenvalue weighted by molar-refractivity contribution is 0.185. The lowest BCUT2D eigenvalue weighted by Gasteiger charge is -2.15. The maximum Gasteiger partial charge on any atom is 0.191 e. The average molecular weight is 353 g/mol. The minimum Gasteiger partial charge on any atom is -0.488 e. The van der Waals surface area contributed by atoms with E-state index >= 15 is 0 Å².